The molecule has 3 rings (SSSR count). The van der Waals surface area contributed by atoms with E-state index in [1.54, 1.807) is 30.0 Å². The minimum Gasteiger partial charge on any atom is -0.481 e. The first-order chi connectivity index (χ1) is 14.0. The Bertz CT molecular complexity index is 1020. The van der Waals surface area contributed by atoms with Crippen molar-refractivity contribution in [2.24, 2.45) is 0 Å². The maximum atomic E-state index is 14.4. The number of hydrogen-bond acceptors (Lipinski definition) is 3. The van der Waals surface area contributed by atoms with Gasteiger partial charge in [-0.2, -0.15) is 0 Å². The van der Waals surface area contributed by atoms with E-state index in [1.165, 1.54) is 6.07 Å². The Morgan fingerprint density at radius 2 is 1.79 bits per heavy atom. The summed E-state index contributed by atoms with van der Waals surface area (Å²) in [5.41, 5.74) is 2.37. The maximum absolute atomic E-state index is 14.4. The number of rotatable bonds is 8. The second kappa shape index (κ2) is 10.3. The van der Waals surface area contributed by atoms with Gasteiger partial charge in [-0.15, -0.1) is 11.8 Å². The van der Waals surface area contributed by atoms with E-state index >= 15 is 0 Å². The summed E-state index contributed by atoms with van der Waals surface area (Å²) in [7, 11) is 0. The van der Waals surface area contributed by atoms with E-state index in [4.69, 9.17) is 9.84 Å². The predicted octanol–water partition coefficient (Wildman–Crippen LogP) is 6.28. The van der Waals surface area contributed by atoms with Gasteiger partial charge in [0, 0.05) is 16.2 Å². The molecule has 0 bridgehead atoms. The summed E-state index contributed by atoms with van der Waals surface area (Å²) in [5, 5.41) is 8.72. The van der Waals surface area contributed by atoms with Crippen LogP contribution < -0.4 is 4.74 Å². The Morgan fingerprint density at radius 1 is 1.07 bits per heavy atom. The van der Waals surface area contributed by atoms with E-state index in [0.717, 1.165) is 16.0 Å². The van der Waals surface area contributed by atoms with Crippen LogP contribution in [0, 0.1) is 5.82 Å². The van der Waals surface area contributed by atoms with E-state index in [2.05, 4.69) is 15.9 Å². The van der Waals surface area contributed by atoms with Crippen molar-refractivity contribution in [3.05, 3.63) is 100 Å². The summed E-state index contributed by atoms with van der Waals surface area (Å²) < 4.78 is 20.3. The Morgan fingerprint density at radius 3 is 2.48 bits per heavy atom. The number of thioether (sulfide) groups is 1. The molecule has 3 aromatic carbocycles. The summed E-state index contributed by atoms with van der Waals surface area (Å²) in [6.07, 6.45) is 2.02. The average Bonchev–Trinajstić information content (AvgIpc) is 2.72. The fraction of sp³-hybridized carbons (Fsp3) is 0.0870. The van der Waals surface area contributed by atoms with Gasteiger partial charge in [-0.3, -0.25) is 0 Å². The van der Waals surface area contributed by atoms with Crippen molar-refractivity contribution in [2.75, 3.05) is 12.4 Å². The number of ether oxygens (including phenoxy) is 1. The number of aliphatic carboxylic acids is 1. The zero-order chi connectivity index (χ0) is 20.6. The minimum atomic E-state index is -1.03. The van der Waals surface area contributed by atoms with Gasteiger partial charge in [0.15, 0.2) is 6.61 Å². The molecule has 0 saturated heterocycles. The fourth-order valence-corrected chi connectivity index (χ4v) is 4.18. The molecule has 0 atom stereocenters. The standard InChI is InChI=1S/C23H18BrFO3S/c24-20-14-17(10-11-22(20)28-15-23(26)27)29-13-12-18(16-6-2-1-3-7-16)19-8-4-5-9-21(19)25/h1-12,14H,13,15H2,(H,26,27)/b18-12-. The molecule has 0 spiro atoms. The third-order valence-electron chi connectivity index (χ3n) is 4.04. The molecule has 1 N–H and O–H groups in total. The van der Waals surface area contributed by atoms with Crippen LogP contribution in [0.5, 0.6) is 5.75 Å². The molecule has 0 unspecified atom stereocenters. The Balaban J connectivity index is 1.78. The Labute approximate surface area is 181 Å². The quantitative estimate of drug-likeness (QED) is 0.392. The molecule has 0 aromatic heterocycles. The number of carboxylic acids is 1. The van der Waals surface area contributed by atoms with Crippen LogP contribution in [0.25, 0.3) is 5.57 Å². The molecule has 0 radical (unpaired) electrons. The van der Waals surface area contributed by atoms with Gasteiger partial charge in [-0.05, 0) is 51.3 Å². The maximum Gasteiger partial charge on any atom is 0.341 e. The van der Waals surface area contributed by atoms with Gasteiger partial charge in [0.2, 0.25) is 0 Å². The molecule has 0 fully saturated rings. The van der Waals surface area contributed by atoms with Gasteiger partial charge >= 0.3 is 5.97 Å². The molecule has 29 heavy (non-hydrogen) atoms. The van der Waals surface area contributed by atoms with E-state index in [1.807, 2.05) is 54.6 Å². The van der Waals surface area contributed by atoms with Crippen LogP contribution >= 0.6 is 27.7 Å². The van der Waals surface area contributed by atoms with Crippen molar-refractivity contribution in [3.63, 3.8) is 0 Å². The molecule has 148 valence electrons. The summed E-state index contributed by atoms with van der Waals surface area (Å²) in [5.74, 6) is -0.165. The number of carbonyl (C=O) groups is 1. The lowest BCUT2D eigenvalue weighted by Gasteiger charge is -2.10. The zero-order valence-electron chi connectivity index (χ0n) is 15.3. The topological polar surface area (TPSA) is 46.5 Å². The summed E-state index contributed by atoms with van der Waals surface area (Å²) in [6, 6.07) is 22.0. The van der Waals surface area contributed by atoms with Crippen LogP contribution in [0.15, 0.2) is 88.2 Å². The first-order valence-electron chi connectivity index (χ1n) is 8.82. The first-order valence-corrected chi connectivity index (χ1v) is 10.6. The molecular weight excluding hydrogens is 455 g/mol. The monoisotopic (exact) mass is 472 g/mol. The molecule has 0 aliphatic heterocycles. The van der Waals surface area contributed by atoms with E-state index < -0.39 is 12.6 Å². The molecular formula is C23H18BrFO3S. The van der Waals surface area contributed by atoms with E-state index in [9.17, 15) is 9.18 Å². The Hall–Kier alpha value is -2.57. The smallest absolute Gasteiger partial charge is 0.341 e. The van der Waals surface area contributed by atoms with Gasteiger partial charge in [0.05, 0.1) is 4.47 Å². The highest BCUT2D eigenvalue weighted by molar-refractivity contribution is 9.10. The highest BCUT2D eigenvalue weighted by Crippen LogP contribution is 2.32. The molecule has 3 nitrogen and oxygen atoms in total. The third-order valence-corrected chi connectivity index (χ3v) is 5.58. The van der Waals surface area contributed by atoms with Crippen LogP contribution in [0.2, 0.25) is 0 Å². The van der Waals surface area contributed by atoms with Crippen molar-refractivity contribution in [1.82, 2.24) is 0 Å². The second-order valence-corrected chi connectivity index (χ2v) is 8.00. The largest absolute Gasteiger partial charge is 0.481 e. The average molecular weight is 473 g/mol. The number of halogens is 2. The van der Waals surface area contributed by atoms with E-state index in [-0.39, 0.29) is 5.82 Å². The molecule has 6 heteroatoms. The summed E-state index contributed by atoms with van der Waals surface area (Å²) in [4.78, 5) is 11.6. The number of hydrogen-bond donors (Lipinski definition) is 1. The third kappa shape index (κ3) is 5.95. The number of carboxylic acid groups (broad SMARTS) is 1. The van der Waals surface area contributed by atoms with Crippen molar-refractivity contribution in [1.29, 1.82) is 0 Å². The van der Waals surface area contributed by atoms with Crippen molar-refractivity contribution < 1.29 is 19.0 Å². The van der Waals surface area contributed by atoms with Crippen LogP contribution in [-0.2, 0) is 4.79 Å². The van der Waals surface area contributed by atoms with Crippen molar-refractivity contribution in [3.8, 4) is 5.75 Å². The van der Waals surface area contributed by atoms with Crippen LogP contribution in [0.3, 0.4) is 0 Å². The highest BCUT2D eigenvalue weighted by Gasteiger charge is 2.10. The lowest BCUT2D eigenvalue weighted by Crippen LogP contribution is -2.09. The van der Waals surface area contributed by atoms with Crippen LogP contribution in [0.1, 0.15) is 11.1 Å². The van der Waals surface area contributed by atoms with Gasteiger partial charge < -0.3 is 9.84 Å². The second-order valence-electron chi connectivity index (χ2n) is 6.05. The van der Waals surface area contributed by atoms with Crippen molar-refractivity contribution in [2.45, 2.75) is 4.90 Å². The van der Waals surface area contributed by atoms with Gasteiger partial charge in [-0.25, -0.2) is 9.18 Å². The van der Waals surface area contributed by atoms with Gasteiger partial charge in [0.1, 0.15) is 11.6 Å². The molecule has 0 heterocycles. The normalized spacial score (nSPS) is 11.3. The zero-order valence-corrected chi connectivity index (χ0v) is 17.8. The van der Waals surface area contributed by atoms with Gasteiger partial charge in [0.25, 0.3) is 0 Å². The SMILES string of the molecule is O=C(O)COc1ccc(SC/C=C(/c2ccccc2)c2ccccc2F)cc1Br. The molecule has 3 aromatic rings. The first kappa shape index (κ1) is 21.1. The minimum absolute atomic E-state index is 0.254. The highest BCUT2D eigenvalue weighted by atomic mass is 79.9. The van der Waals surface area contributed by atoms with Crippen LogP contribution in [0.4, 0.5) is 4.39 Å². The summed E-state index contributed by atoms with van der Waals surface area (Å²) in [6.45, 7) is -0.392. The lowest BCUT2D eigenvalue weighted by molar-refractivity contribution is -0.139. The fourth-order valence-electron chi connectivity index (χ4n) is 2.73. The van der Waals surface area contributed by atoms with Crippen molar-refractivity contribution >= 4 is 39.2 Å². The molecule has 0 aliphatic carbocycles. The molecule has 0 saturated carbocycles. The van der Waals surface area contributed by atoms with Crippen LogP contribution in [-0.4, -0.2) is 23.4 Å². The predicted molar refractivity (Wildman–Crippen MR) is 118 cm³/mol. The van der Waals surface area contributed by atoms with Gasteiger partial charge in [-0.1, -0.05) is 54.6 Å². The summed E-state index contributed by atoms with van der Waals surface area (Å²) >= 11 is 5.00. The number of benzene rings is 3. The Kier molecular flexibility index (Phi) is 7.49. The molecule has 0 aliphatic rings. The van der Waals surface area contributed by atoms with E-state index in [0.29, 0.717) is 21.5 Å². The molecule has 0 amide bonds. The lowest BCUT2D eigenvalue weighted by atomic mass is 9.97.